The molecule has 0 spiro atoms. The van der Waals surface area contributed by atoms with Gasteiger partial charge in [-0.1, -0.05) is 52.5 Å². The van der Waals surface area contributed by atoms with Gasteiger partial charge in [0.15, 0.2) is 6.61 Å². The molecule has 2 aromatic carbocycles. The standard InChI is InChI=1S/C18H18Cl3N3O5S/c1-11-3-5-12(6-4-11)30(27,28)24(2)9-17(25)22-23-18(26)10-29-16-8-14(20)13(19)7-15(16)21/h3-8H,9-10H2,1-2H3,(H,22,25)(H,23,26). The zero-order valence-corrected chi connectivity index (χ0v) is 19.0. The monoisotopic (exact) mass is 493 g/mol. The number of hydrazine groups is 1. The van der Waals surface area contributed by atoms with E-state index in [1.54, 1.807) is 12.1 Å². The summed E-state index contributed by atoms with van der Waals surface area (Å²) in [6.45, 7) is 0.848. The third-order valence-electron chi connectivity index (χ3n) is 3.77. The average molecular weight is 495 g/mol. The summed E-state index contributed by atoms with van der Waals surface area (Å²) >= 11 is 17.6. The van der Waals surface area contributed by atoms with Gasteiger partial charge in [0.2, 0.25) is 10.0 Å². The fraction of sp³-hybridized carbons (Fsp3) is 0.222. The molecule has 8 nitrogen and oxygen atoms in total. The van der Waals surface area contributed by atoms with Gasteiger partial charge in [-0.2, -0.15) is 4.31 Å². The van der Waals surface area contributed by atoms with E-state index < -0.39 is 35.0 Å². The largest absolute Gasteiger partial charge is 0.482 e. The molecule has 0 unspecified atom stereocenters. The van der Waals surface area contributed by atoms with E-state index >= 15 is 0 Å². The molecule has 0 fully saturated rings. The number of nitrogens with one attached hydrogen (secondary N) is 2. The topological polar surface area (TPSA) is 105 Å². The van der Waals surface area contributed by atoms with Gasteiger partial charge in [0.25, 0.3) is 11.8 Å². The minimum absolute atomic E-state index is 0.0549. The van der Waals surface area contributed by atoms with Crippen LogP contribution in [-0.2, 0) is 19.6 Å². The first-order valence-electron chi connectivity index (χ1n) is 8.38. The minimum Gasteiger partial charge on any atom is -0.482 e. The number of sulfonamides is 1. The first-order valence-corrected chi connectivity index (χ1v) is 11.0. The van der Waals surface area contributed by atoms with Gasteiger partial charge in [0.1, 0.15) is 5.75 Å². The number of amides is 2. The summed E-state index contributed by atoms with van der Waals surface area (Å²) < 4.78 is 31.0. The molecule has 0 aromatic heterocycles. The Labute approximate surface area is 189 Å². The molecule has 0 radical (unpaired) electrons. The second-order valence-corrected chi connectivity index (χ2v) is 9.42. The predicted octanol–water partition coefficient (Wildman–Crippen LogP) is 2.80. The van der Waals surface area contributed by atoms with Gasteiger partial charge in [-0.05, 0) is 25.1 Å². The fourth-order valence-corrected chi connectivity index (χ4v) is 3.87. The van der Waals surface area contributed by atoms with Crippen LogP contribution in [0.1, 0.15) is 5.56 Å². The number of hydrogen-bond donors (Lipinski definition) is 2. The van der Waals surface area contributed by atoms with E-state index in [9.17, 15) is 18.0 Å². The Morgan fingerprint density at radius 2 is 1.53 bits per heavy atom. The third-order valence-corrected chi connectivity index (χ3v) is 6.61. The van der Waals surface area contributed by atoms with Crippen LogP contribution in [0.25, 0.3) is 0 Å². The van der Waals surface area contributed by atoms with Gasteiger partial charge >= 0.3 is 0 Å². The number of rotatable bonds is 7. The third kappa shape index (κ3) is 6.48. The number of likely N-dealkylation sites (N-methyl/N-ethyl adjacent to an activating group) is 1. The van der Waals surface area contributed by atoms with Crippen LogP contribution in [0.2, 0.25) is 15.1 Å². The van der Waals surface area contributed by atoms with E-state index in [0.717, 1.165) is 9.87 Å². The first-order chi connectivity index (χ1) is 14.0. The first kappa shape index (κ1) is 24.2. The Morgan fingerprint density at radius 1 is 0.967 bits per heavy atom. The number of halogens is 3. The predicted molar refractivity (Wildman–Crippen MR) is 114 cm³/mol. The van der Waals surface area contributed by atoms with Gasteiger partial charge in [-0.25, -0.2) is 8.42 Å². The Hall–Kier alpha value is -2.04. The van der Waals surface area contributed by atoms with Gasteiger partial charge in [0.05, 0.1) is 26.5 Å². The van der Waals surface area contributed by atoms with Gasteiger partial charge in [0, 0.05) is 13.1 Å². The van der Waals surface area contributed by atoms with E-state index in [2.05, 4.69) is 10.9 Å². The molecule has 2 rings (SSSR count). The highest BCUT2D eigenvalue weighted by Gasteiger charge is 2.23. The van der Waals surface area contributed by atoms with Crippen LogP contribution < -0.4 is 15.6 Å². The lowest BCUT2D eigenvalue weighted by Crippen LogP contribution is -2.48. The molecule has 2 aromatic rings. The lowest BCUT2D eigenvalue weighted by molar-refractivity contribution is -0.130. The van der Waals surface area contributed by atoms with Crippen LogP contribution in [0.4, 0.5) is 0 Å². The van der Waals surface area contributed by atoms with Crippen molar-refractivity contribution in [3.63, 3.8) is 0 Å². The van der Waals surface area contributed by atoms with Crippen molar-refractivity contribution < 1.29 is 22.7 Å². The van der Waals surface area contributed by atoms with Gasteiger partial charge < -0.3 is 4.74 Å². The Balaban J connectivity index is 1.84. The summed E-state index contributed by atoms with van der Waals surface area (Å²) in [7, 11) is -2.59. The van der Waals surface area contributed by atoms with Crippen molar-refractivity contribution in [2.45, 2.75) is 11.8 Å². The van der Waals surface area contributed by atoms with Crippen LogP contribution in [0.3, 0.4) is 0 Å². The van der Waals surface area contributed by atoms with Crippen LogP contribution in [0, 0.1) is 6.92 Å². The summed E-state index contributed by atoms with van der Waals surface area (Å²) in [6, 6.07) is 8.93. The summed E-state index contributed by atoms with van der Waals surface area (Å²) in [5.41, 5.74) is 5.13. The maximum absolute atomic E-state index is 12.5. The van der Waals surface area contributed by atoms with E-state index in [1.165, 1.54) is 31.3 Å². The minimum atomic E-state index is -3.85. The second-order valence-electron chi connectivity index (χ2n) is 6.16. The molecule has 12 heteroatoms. The molecule has 2 amide bonds. The second kappa shape index (κ2) is 10.3. The number of benzene rings is 2. The van der Waals surface area contributed by atoms with Crippen molar-refractivity contribution in [3.05, 3.63) is 57.0 Å². The van der Waals surface area contributed by atoms with Crippen LogP contribution in [-0.4, -0.2) is 44.7 Å². The van der Waals surface area contributed by atoms with Crippen molar-refractivity contribution in [2.24, 2.45) is 0 Å². The van der Waals surface area contributed by atoms with Crippen molar-refractivity contribution in [1.29, 1.82) is 0 Å². The van der Waals surface area contributed by atoms with E-state index in [1.807, 2.05) is 6.92 Å². The molecule has 0 heterocycles. The van der Waals surface area contributed by atoms with E-state index in [0.29, 0.717) is 0 Å². The SMILES string of the molecule is Cc1ccc(S(=O)(=O)N(C)CC(=O)NNC(=O)COc2cc(Cl)c(Cl)cc2Cl)cc1. The number of carbonyl (C=O) groups is 2. The maximum atomic E-state index is 12.5. The maximum Gasteiger partial charge on any atom is 0.276 e. The lowest BCUT2D eigenvalue weighted by atomic mass is 10.2. The number of nitrogens with zero attached hydrogens (tertiary/aromatic N) is 1. The number of carbonyl (C=O) groups excluding carboxylic acids is 2. The molecule has 162 valence electrons. The number of ether oxygens (including phenoxy) is 1. The molecule has 0 aliphatic carbocycles. The molecular formula is C18H18Cl3N3O5S. The quantitative estimate of drug-likeness (QED) is 0.455. The zero-order valence-electron chi connectivity index (χ0n) is 15.9. The highest BCUT2D eigenvalue weighted by molar-refractivity contribution is 7.89. The Kier molecular flexibility index (Phi) is 8.34. The highest BCUT2D eigenvalue weighted by atomic mass is 35.5. The molecule has 0 bridgehead atoms. The van der Waals surface area contributed by atoms with Crippen LogP contribution in [0.5, 0.6) is 5.75 Å². The van der Waals surface area contributed by atoms with Gasteiger partial charge in [-0.15, -0.1) is 0 Å². The molecule has 2 N–H and O–H groups in total. The van der Waals surface area contributed by atoms with Crippen molar-refractivity contribution in [3.8, 4) is 5.75 Å². The van der Waals surface area contributed by atoms with E-state index in [-0.39, 0.29) is 25.7 Å². The van der Waals surface area contributed by atoms with Crippen LogP contribution in [0.15, 0.2) is 41.3 Å². The lowest BCUT2D eigenvalue weighted by Gasteiger charge is -2.17. The molecule has 0 aliphatic heterocycles. The number of aryl methyl sites for hydroxylation is 1. The molecular weight excluding hydrogens is 477 g/mol. The molecule has 30 heavy (non-hydrogen) atoms. The highest BCUT2D eigenvalue weighted by Crippen LogP contribution is 2.33. The van der Waals surface area contributed by atoms with Crippen molar-refractivity contribution in [2.75, 3.05) is 20.2 Å². The Bertz CT molecular complexity index is 1050. The number of hydrogen-bond acceptors (Lipinski definition) is 5. The van der Waals surface area contributed by atoms with Crippen molar-refractivity contribution >= 4 is 56.6 Å². The fourth-order valence-electron chi connectivity index (χ4n) is 2.15. The zero-order chi connectivity index (χ0) is 22.5. The molecule has 0 saturated carbocycles. The average Bonchev–Trinajstić information content (AvgIpc) is 2.68. The smallest absolute Gasteiger partial charge is 0.276 e. The Morgan fingerprint density at radius 3 is 2.17 bits per heavy atom. The molecule has 0 atom stereocenters. The molecule has 0 aliphatic rings. The summed E-state index contributed by atoms with van der Waals surface area (Å²) in [5.74, 6) is -1.31. The van der Waals surface area contributed by atoms with Crippen molar-refractivity contribution in [1.82, 2.24) is 15.2 Å². The van der Waals surface area contributed by atoms with Gasteiger partial charge in [-0.3, -0.25) is 20.4 Å². The summed E-state index contributed by atoms with van der Waals surface area (Å²) in [5, 5.41) is 0.585. The molecule has 0 saturated heterocycles. The van der Waals surface area contributed by atoms with E-state index in [4.69, 9.17) is 39.5 Å². The van der Waals surface area contributed by atoms with Crippen LogP contribution >= 0.6 is 34.8 Å². The normalized spacial score (nSPS) is 11.3. The summed E-state index contributed by atoms with van der Waals surface area (Å²) in [6.07, 6.45) is 0. The summed E-state index contributed by atoms with van der Waals surface area (Å²) in [4.78, 5) is 23.9.